The SMILES string of the molecule is C.CNCc1cccc2c1OCCOCCOCCN(CCN(C)C)S(=O)(=O)c1ccc(cc1)-c1cnc(N)c(n1)C(=O)N2. The lowest BCUT2D eigenvalue weighted by atomic mass is 10.1. The molecule has 240 valence electrons. The second-order valence-electron chi connectivity index (χ2n) is 10.1. The highest BCUT2D eigenvalue weighted by Gasteiger charge is 2.25. The molecule has 2 aromatic carbocycles. The molecular formula is C30H43N7O6S. The number of hydrogen-bond acceptors (Lipinski definition) is 11. The summed E-state index contributed by atoms with van der Waals surface area (Å²) in [7, 11) is 1.79. The van der Waals surface area contributed by atoms with Gasteiger partial charge in [-0.2, -0.15) is 4.31 Å². The molecule has 0 aliphatic carbocycles. The van der Waals surface area contributed by atoms with Crippen molar-refractivity contribution in [3.05, 3.63) is 59.9 Å². The summed E-state index contributed by atoms with van der Waals surface area (Å²) < 4.78 is 45.9. The van der Waals surface area contributed by atoms with Crippen LogP contribution in [0.5, 0.6) is 5.75 Å². The van der Waals surface area contributed by atoms with E-state index in [2.05, 4.69) is 20.6 Å². The average Bonchev–Trinajstić information content (AvgIpc) is 2.98. The highest BCUT2D eigenvalue weighted by atomic mass is 32.2. The van der Waals surface area contributed by atoms with Gasteiger partial charge in [-0.3, -0.25) is 4.79 Å². The number of nitrogens with one attached hydrogen (secondary N) is 2. The summed E-state index contributed by atoms with van der Waals surface area (Å²) in [5, 5.41) is 5.96. The van der Waals surface area contributed by atoms with Gasteiger partial charge in [0.05, 0.1) is 48.9 Å². The van der Waals surface area contributed by atoms with Gasteiger partial charge in [-0.05, 0) is 39.3 Å². The Balaban J connectivity index is 0.00000529. The van der Waals surface area contributed by atoms with Crippen molar-refractivity contribution < 1.29 is 27.4 Å². The number of hydrogen-bond donors (Lipinski definition) is 3. The van der Waals surface area contributed by atoms with Crippen LogP contribution in [-0.4, -0.2) is 107 Å². The Morgan fingerprint density at radius 2 is 1.75 bits per heavy atom. The number of benzene rings is 2. The lowest BCUT2D eigenvalue weighted by molar-refractivity contribution is 0.0337. The Morgan fingerprint density at radius 1 is 1.05 bits per heavy atom. The van der Waals surface area contributed by atoms with E-state index in [1.54, 1.807) is 18.2 Å². The average molecular weight is 630 g/mol. The molecule has 0 radical (unpaired) electrons. The van der Waals surface area contributed by atoms with E-state index in [0.29, 0.717) is 55.5 Å². The van der Waals surface area contributed by atoms with Gasteiger partial charge in [-0.25, -0.2) is 18.4 Å². The van der Waals surface area contributed by atoms with Crippen LogP contribution in [-0.2, 0) is 26.0 Å². The summed E-state index contributed by atoms with van der Waals surface area (Å²) in [6.45, 7) is 2.89. The molecule has 3 heterocycles. The van der Waals surface area contributed by atoms with Crippen LogP contribution < -0.4 is 21.1 Å². The van der Waals surface area contributed by atoms with Crippen molar-refractivity contribution in [1.29, 1.82) is 0 Å². The lowest BCUT2D eigenvalue weighted by Gasteiger charge is -2.24. The molecule has 0 saturated heterocycles. The highest BCUT2D eigenvalue weighted by molar-refractivity contribution is 7.89. The molecule has 14 heteroatoms. The zero-order valence-electron chi connectivity index (χ0n) is 24.7. The third-order valence-electron chi connectivity index (χ3n) is 6.64. The van der Waals surface area contributed by atoms with Crippen molar-refractivity contribution in [2.24, 2.45) is 0 Å². The van der Waals surface area contributed by atoms with Gasteiger partial charge in [-0.15, -0.1) is 0 Å². The van der Waals surface area contributed by atoms with E-state index < -0.39 is 15.9 Å². The molecule has 1 aromatic heterocycles. The van der Waals surface area contributed by atoms with Crippen LogP contribution in [0.15, 0.2) is 53.6 Å². The van der Waals surface area contributed by atoms with Crippen LogP contribution in [0.1, 0.15) is 23.5 Å². The molecule has 0 saturated carbocycles. The number of aromatic nitrogens is 2. The zero-order chi connectivity index (χ0) is 30.8. The fourth-order valence-electron chi connectivity index (χ4n) is 4.37. The molecule has 2 aliphatic rings. The number of anilines is 2. The second kappa shape index (κ2) is 16.4. The molecule has 0 spiro atoms. The third-order valence-corrected chi connectivity index (χ3v) is 8.56. The number of nitrogens with two attached hydrogens (primary N) is 1. The second-order valence-corrected chi connectivity index (χ2v) is 12.0. The first kappa shape index (κ1) is 34.8. The Labute approximate surface area is 259 Å². The van der Waals surface area contributed by atoms with Gasteiger partial charge in [0.15, 0.2) is 11.5 Å². The Bertz CT molecular complexity index is 1490. The molecule has 3 aromatic rings. The fourth-order valence-corrected chi connectivity index (χ4v) is 5.79. The standard InChI is InChI=1S/C29H39N7O6S.CH4/c1-31-19-22-5-4-6-24-27(22)42-18-17-41-16-15-40-14-13-36(12-11-35(2)3)43(38,39)23-9-7-21(8-10-23)25-20-32-28(30)26(33-25)29(37)34-24;/h4-10,20,31H,11-19H2,1-3H3,(H2,30,32)(H,34,37);1H4. The largest absolute Gasteiger partial charge is 0.489 e. The van der Waals surface area contributed by atoms with Crippen LogP contribution in [0, 0.1) is 0 Å². The number of carbonyl (C=O) groups is 1. The van der Waals surface area contributed by atoms with E-state index in [1.807, 2.05) is 38.2 Å². The quantitative estimate of drug-likeness (QED) is 0.355. The first-order valence-corrected chi connectivity index (χ1v) is 15.4. The predicted octanol–water partition coefficient (Wildman–Crippen LogP) is 2.31. The summed E-state index contributed by atoms with van der Waals surface area (Å²) in [4.78, 5) is 24.1. The van der Waals surface area contributed by atoms with Crippen molar-refractivity contribution in [2.75, 3.05) is 84.9 Å². The van der Waals surface area contributed by atoms with E-state index in [-0.39, 0.29) is 50.2 Å². The van der Waals surface area contributed by atoms with Crippen molar-refractivity contribution >= 4 is 27.4 Å². The van der Waals surface area contributed by atoms with E-state index in [9.17, 15) is 13.2 Å². The number of sulfonamides is 1. The van der Waals surface area contributed by atoms with Crippen molar-refractivity contribution in [1.82, 2.24) is 24.5 Å². The molecule has 2 aliphatic heterocycles. The number of fused-ring (bicyclic) bond motifs is 13. The number of para-hydroxylation sites is 1. The van der Waals surface area contributed by atoms with Crippen LogP contribution >= 0.6 is 0 Å². The Morgan fingerprint density at radius 3 is 2.45 bits per heavy atom. The van der Waals surface area contributed by atoms with E-state index in [1.165, 1.54) is 22.6 Å². The van der Waals surface area contributed by atoms with Crippen molar-refractivity contribution in [3.63, 3.8) is 0 Å². The molecule has 4 N–H and O–H groups in total. The Kier molecular flexibility index (Phi) is 13.0. The fraction of sp³-hybridized carbons (Fsp3) is 0.433. The van der Waals surface area contributed by atoms with E-state index >= 15 is 0 Å². The van der Waals surface area contributed by atoms with Crippen molar-refractivity contribution in [3.8, 4) is 17.0 Å². The molecule has 4 bridgehead atoms. The number of likely N-dealkylation sites (N-methyl/N-ethyl adjacent to an activating group) is 1. The summed E-state index contributed by atoms with van der Waals surface area (Å²) in [5.74, 6) is -0.107. The van der Waals surface area contributed by atoms with Crippen LogP contribution in [0.4, 0.5) is 11.5 Å². The van der Waals surface area contributed by atoms with Crippen molar-refractivity contribution in [2.45, 2.75) is 18.9 Å². The maximum atomic E-state index is 13.5. The number of nitrogens with zero attached hydrogens (tertiary/aromatic N) is 4. The topological polar surface area (TPSA) is 161 Å². The molecule has 1 amide bonds. The van der Waals surface area contributed by atoms with E-state index in [4.69, 9.17) is 19.9 Å². The summed E-state index contributed by atoms with van der Waals surface area (Å²) in [6, 6.07) is 11.7. The Hall–Kier alpha value is -3.66. The first-order valence-electron chi connectivity index (χ1n) is 13.9. The molecular weight excluding hydrogens is 586 g/mol. The minimum atomic E-state index is -3.81. The van der Waals surface area contributed by atoms with Gasteiger partial charge in [0, 0.05) is 37.3 Å². The van der Waals surface area contributed by atoms with Gasteiger partial charge in [0.1, 0.15) is 12.4 Å². The number of carbonyl (C=O) groups excluding carboxylic acids is 1. The minimum Gasteiger partial charge on any atom is -0.489 e. The van der Waals surface area contributed by atoms with Gasteiger partial charge < -0.3 is 35.5 Å². The molecule has 44 heavy (non-hydrogen) atoms. The molecule has 13 nitrogen and oxygen atoms in total. The van der Waals surface area contributed by atoms with Crippen LogP contribution in [0.3, 0.4) is 0 Å². The zero-order valence-corrected chi connectivity index (χ0v) is 25.5. The minimum absolute atomic E-state index is 0. The molecule has 0 atom stereocenters. The summed E-state index contributed by atoms with van der Waals surface area (Å²) in [5.41, 5.74) is 8.22. The molecule has 0 unspecified atom stereocenters. The number of rotatable bonds is 5. The van der Waals surface area contributed by atoms with Crippen LogP contribution in [0.2, 0.25) is 0 Å². The molecule has 0 fully saturated rings. The maximum Gasteiger partial charge on any atom is 0.278 e. The van der Waals surface area contributed by atoms with Gasteiger partial charge in [0.25, 0.3) is 5.91 Å². The van der Waals surface area contributed by atoms with Crippen LogP contribution in [0.25, 0.3) is 11.3 Å². The molecule has 5 rings (SSSR count). The maximum absolute atomic E-state index is 13.5. The summed E-state index contributed by atoms with van der Waals surface area (Å²) in [6.07, 6.45) is 1.44. The first-order chi connectivity index (χ1) is 20.7. The summed E-state index contributed by atoms with van der Waals surface area (Å²) >= 11 is 0. The number of ether oxygens (including phenoxy) is 3. The lowest BCUT2D eigenvalue weighted by Crippen LogP contribution is -2.39. The normalized spacial score (nSPS) is 16.5. The van der Waals surface area contributed by atoms with E-state index in [0.717, 1.165) is 5.56 Å². The monoisotopic (exact) mass is 629 g/mol. The van der Waals surface area contributed by atoms with Gasteiger partial charge in [0.2, 0.25) is 10.0 Å². The van der Waals surface area contributed by atoms with Gasteiger partial charge in [-0.1, -0.05) is 31.7 Å². The smallest absolute Gasteiger partial charge is 0.278 e. The number of nitrogen functional groups attached to an aromatic ring is 1. The number of amides is 1. The van der Waals surface area contributed by atoms with Gasteiger partial charge >= 0.3 is 0 Å². The predicted molar refractivity (Wildman–Crippen MR) is 170 cm³/mol. The third kappa shape index (κ3) is 8.94. The highest BCUT2D eigenvalue weighted by Crippen LogP contribution is 2.30.